The van der Waals surface area contributed by atoms with Gasteiger partial charge in [-0.05, 0) is 19.1 Å². The Morgan fingerprint density at radius 1 is 1.22 bits per heavy atom. The van der Waals surface area contributed by atoms with Crippen LogP contribution in [-0.2, 0) is 0 Å². The molecule has 0 aliphatic rings. The number of imidazole rings is 1. The summed E-state index contributed by atoms with van der Waals surface area (Å²) in [5.41, 5.74) is 1.54. The van der Waals surface area contributed by atoms with Crippen molar-refractivity contribution in [1.82, 2.24) is 19.4 Å². The molecule has 3 aromatic heterocycles. The van der Waals surface area contributed by atoms with Gasteiger partial charge in [0.1, 0.15) is 11.3 Å². The first-order valence-electron chi connectivity index (χ1n) is 5.29. The number of nitrogens with zero attached hydrogens (tertiary/aromatic N) is 4. The van der Waals surface area contributed by atoms with Crippen LogP contribution < -0.4 is 0 Å². The number of aryl methyl sites for hydroxylation is 1. The highest BCUT2D eigenvalue weighted by molar-refractivity contribution is 6.29. The standard InChI is InChI=1S/C12H8ClFN4/c1-7-10(14)11(13)17-12(15-7)8-6-18-5-3-2-4-9(18)16-8/h2-6H,1H3. The zero-order valence-corrected chi connectivity index (χ0v) is 10.2. The van der Waals surface area contributed by atoms with Gasteiger partial charge in [0.25, 0.3) is 0 Å². The van der Waals surface area contributed by atoms with Gasteiger partial charge >= 0.3 is 0 Å². The lowest BCUT2D eigenvalue weighted by atomic mass is 10.4. The largest absolute Gasteiger partial charge is 0.306 e. The van der Waals surface area contributed by atoms with Crippen LogP contribution in [0.3, 0.4) is 0 Å². The van der Waals surface area contributed by atoms with E-state index in [2.05, 4.69) is 15.0 Å². The fraction of sp³-hybridized carbons (Fsp3) is 0.0833. The molecular formula is C12H8ClFN4. The molecule has 0 unspecified atom stereocenters. The summed E-state index contributed by atoms with van der Waals surface area (Å²) in [7, 11) is 0. The molecule has 0 saturated heterocycles. The summed E-state index contributed by atoms with van der Waals surface area (Å²) in [6.45, 7) is 1.54. The molecule has 3 heterocycles. The first-order chi connectivity index (χ1) is 8.65. The minimum absolute atomic E-state index is 0.186. The van der Waals surface area contributed by atoms with Crippen molar-refractivity contribution in [2.45, 2.75) is 6.92 Å². The second-order valence-corrected chi connectivity index (χ2v) is 4.19. The number of pyridine rings is 1. The minimum atomic E-state index is -0.593. The highest BCUT2D eigenvalue weighted by Crippen LogP contribution is 2.20. The Morgan fingerprint density at radius 2 is 2.06 bits per heavy atom. The number of fused-ring (bicyclic) bond motifs is 1. The zero-order chi connectivity index (χ0) is 12.7. The van der Waals surface area contributed by atoms with Gasteiger partial charge in [0.2, 0.25) is 0 Å². The Hall–Kier alpha value is -2.01. The number of aromatic nitrogens is 4. The smallest absolute Gasteiger partial charge is 0.181 e. The van der Waals surface area contributed by atoms with Crippen LogP contribution in [0.1, 0.15) is 5.69 Å². The van der Waals surface area contributed by atoms with Gasteiger partial charge in [0.05, 0.1) is 5.69 Å². The van der Waals surface area contributed by atoms with Crippen LogP contribution in [0.5, 0.6) is 0 Å². The normalized spacial score (nSPS) is 11.1. The molecule has 0 amide bonds. The second-order valence-electron chi connectivity index (χ2n) is 3.83. The van der Waals surface area contributed by atoms with Gasteiger partial charge in [0, 0.05) is 12.4 Å². The van der Waals surface area contributed by atoms with Gasteiger partial charge in [-0.1, -0.05) is 17.7 Å². The van der Waals surface area contributed by atoms with Crippen molar-refractivity contribution in [1.29, 1.82) is 0 Å². The third-order valence-corrected chi connectivity index (χ3v) is 2.82. The van der Waals surface area contributed by atoms with Gasteiger partial charge in [-0.15, -0.1) is 0 Å². The molecule has 90 valence electrons. The Balaban J connectivity index is 2.20. The average Bonchev–Trinajstić information content (AvgIpc) is 2.79. The van der Waals surface area contributed by atoms with Gasteiger partial charge in [-0.3, -0.25) is 0 Å². The van der Waals surface area contributed by atoms with E-state index in [0.29, 0.717) is 11.5 Å². The Morgan fingerprint density at radius 3 is 2.78 bits per heavy atom. The van der Waals surface area contributed by atoms with Crippen LogP contribution in [0.15, 0.2) is 30.6 Å². The SMILES string of the molecule is Cc1nc(-c2cn3ccccc3n2)nc(Cl)c1F. The first-order valence-corrected chi connectivity index (χ1v) is 5.66. The topological polar surface area (TPSA) is 43.1 Å². The van der Waals surface area contributed by atoms with E-state index in [9.17, 15) is 4.39 Å². The van der Waals surface area contributed by atoms with Gasteiger partial charge in [-0.25, -0.2) is 19.3 Å². The van der Waals surface area contributed by atoms with E-state index < -0.39 is 5.82 Å². The molecule has 0 aliphatic heterocycles. The molecule has 0 aromatic carbocycles. The Labute approximate surface area is 107 Å². The van der Waals surface area contributed by atoms with Crippen molar-refractivity contribution in [3.05, 3.63) is 47.3 Å². The highest BCUT2D eigenvalue weighted by atomic mass is 35.5. The molecule has 0 N–H and O–H groups in total. The summed E-state index contributed by atoms with van der Waals surface area (Å²) in [6.07, 6.45) is 3.64. The van der Waals surface area contributed by atoms with Crippen molar-refractivity contribution in [2.24, 2.45) is 0 Å². The Kier molecular flexibility index (Phi) is 2.48. The second kappa shape index (κ2) is 4.03. The predicted molar refractivity (Wildman–Crippen MR) is 65.9 cm³/mol. The van der Waals surface area contributed by atoms with Crippen molar-refractivity contribution in [3.8, 4) is 11.5 Å². The van der Waals surface area contributed by atoms with E-state index in [1.165, 1.54) is 0 Å². The molecule has 0 atom stereocenters. The molecule has 18 heavy (non-hydrogen) atoms. The maximum absolute atomic E-state index is 13.3. The van der Waals surface area contributed by atoms with E-state index in [1.54, 1.807) is 13.1 Å². The van der Waals surface area contributed by atoms with Crippen LogP contribution in [0.4, 0.5) is 4.39 Å². The molecule has 0 bridgehead atoms. The van der Waals surface area contributed by atoms with Crippen LogP contribution in [-0.4, -0.2) is 19.4 Å². The number of hydrogen-bond acceptors (Lipinski definition) is 3. The maximum Gasteiger partial charge on any atom is 0.181 e. The molecule has 0 spiro atoms. The summed E-state index contributed by atoms with van der Waals surface area (Å²) in [5, 5.41) is -0.186. The summed E-state index contributed by atoms with van der Waals surface area (Å²) < 4.78 is 15.2. The van der Waals surface area contributed by atoms with Crippen LogP contribution in [0, 0.1) is 12.7 Å². The molecule has 6 heteroatoms. The first kappa shape index (κ1) is 11.1. The summed E-state index contributed by atoms with van der Waals surface area (Å²) in [4.78, 5) is 12.3. The van der Waals surface area contributed by atoms with E-state index in [1.807, 2.05) is 28.8 Å². The molecule has 4 nitrogen and oxygen atoms in total. The molecule has 0 aliphatic carbocycles. The summed E-state index contributed by atoms with van der Waals surface area (Å²) in [6, 6.07) is 5.64. The van der Waals surface area contributed by atoms with Gasteiger partial charge in [0.15, 0.2) is 16.8 Å². The van der Waals surface area contributed by atoms with Crippen LogP contribution in [0.25, 0.3) is 17.2 Å². The molecule has 3 aromatic rings. The monoisotopic (exact) mass is 262 g/mol. The van der Waals surface area contributed by atoms with Crippen molar-refractivity contribution >= 4 is 17.2 Å². The van der Waals surface area contributed by atoms with Crippen LogP contribution >= 0.6 is 11.6 Å². The molecule has 0 radical (unpaired) electrons. The van der Waals surface area contributed by atoms with E-state index >= 15 is 0 Å². The third kappa shape index (κ3) is 1.73. The lowest BCUT2D eigenvalue weighted by molar-refractivity contribution is 0.603. The maximum atomic E-state index is 13.3. The predicted octanol–water partition coefficient (Wildman–Crippen LogP) is 2.89. The number of rotatable bonds is 1. The highest BCUT2D eigenvalue weighted by Gasteiger charge is 2.13. The van der Waals surface area contributed by atoms with Crippen molar-refractivity contribution in [2.75, 3.05) is 0 Å². The average molecular weight is 263 g/mol. The lowest BCUT2D eigenvalue weighted by Gasteiger charge is -2.00. The quantitative estimate of drug-likeness (QED) is 0.634. The third-order valence-electron chi connectivity index (χ3n) is 2.57. The minimum Gasteiger partial charge on any atom is -0.306 e. The zero-order valence-electron chi connectivity index (χ0n) is 9.43. The fourth-order valence-electron chi connectivity index (χ4n) is 1.68. The number of hydrogen-bond donors (Lipinski definition) is 0. The lowest BCUT2D eigenvalue weighted by Crippen LogP contribution is -1.97. The molecule has 3 rings (SSSR count). The van der Waals surface area contributed by atoms with Crippen molar-refractivity contribution < 1.29 is 4.39 Å². The molecule has 0 saturated carbocycles. The molecule has 0 fully saturated rings. The van der Waals surface area contributed by atoms with E-state index in [0.717, 1.165) is 5.65 Å². The molecular weight excluding hydrogens is 255 g/mol. The van der Waals surface area contributed by atoms with Gasteiger partial charge in [-0.2, -0.15) is 0 Å². The fourth-order valence-corrected chi connectivity index (χ4v) is 1.90. The Bertz CT molecular complexity index is 682. The summed E-state index contributed by atoms with van der Waals surface area (Å²) >= 11 is 5.71. The van der Waals surface area contributed by atoms with Crippen molar-refractivity contribution in [3.63, 3.8) is 0 Å². The number of halogens is 2. The van der Waals surface area contributed by atoms with Gasteiger partial charge < -0.3 is 4.40 Å². The van der Waals surface area contributed by atoms with E-state index in [-0.39, 0.29) is 10.8 Å². The summed E-state index contributed by atoms with van der Waals surface area (Å²) in [5.74, 6) is -0.271. The van der Waals surface area contributed by atoms with Crippen LogP contribution in [0.2, 0.25) is 5.15 Å². The van der Waals surface area contributed by atoms with E-state index in [4.69, 9.17) is 11.6 Å².